The minimum absolute atomic E-state index is 0.118. The van der Waals surface area contributed by atoms with E-state index in [-0.39, 0.29) is 10.8 Å². The minimum atomic E-state index is -2.06. The summed E-state index contributed by atoms with van der Waals surface area (Å²) in [5.74, 6) is 0. The summed E-state index contributed by atoms with van der Waals surface area (Å²) in [4.78, 5) is 0. The second-order valence-corrected chi connectivity index (χ2v) is 26.0. The van der Waals surface area contributed by atoms with Crippen molar-refractivity contribution < 1.29 is 0 Å². The highest BCUT2D eigenvalue weighted by Gasteiger charge is 2.43. The van der Waals surface area contributed by atoms with E-state index in [0.29, 0.717) is 0 Å². The first kappa shape index (κ1) is 37.5. The van der Waals surface area contributed by atoms with Gasteiger partial charge in [0, 0.05) is 10.8 Å². The Morgan fingerprint density at radius 1 is 0.309 bits per heavy atom. The van der Waals surface area contributed by atoms with Gasteiger partial charge in [-0.2, -0.15) is 0 Å². The second kappa shape index (κ2) is 12.3. The van der Waals surface area contributed by atoms with Gasteiger partial charge in [-0.3, -0.25) is 0 Å². The van der Waals surface area contributed by atoms with Gasteiger partial charge in [0.15, 0.2) is 0 Å². The first-order valence-corrected chi connectivity index (χ1v) is 27.5. The van der Waals surface area contributed by atoms with Crippen molar-refractivity contribution in [3.05, 3.63) is 216 Å². The number of fused-ring (bicyclic) bond motifs is 20. The van der Waals surface area contributed by atoms with Crippen molar-refractivity contribution in [2.75, 3.05) is 0 Å². The fourth-order valence-electron chi connectivity index (χ4n) is 14.4. The van der Waals surface area contributed by atoms with Crippen molar-refractivity contribution in [3.63, 3.8) is 0 Å². The molecule has 68 heavy (non-hydrogen) atoms. The zero-order chi connectivity index (χ0) is 45.2. The van der Waals surface area contributed by atoms with Crippen LogP contribution >= 0.6 is 0 Å². The van der Waals surface area contributed by atoms with E-state index >= 15 is 0 Å². The van der Waals surface area contributed by atoms with Crippen LogP contribution in [0.5, 0.6) is 0 Å². The van der Waals surface area contributed by atoms with Crippen LogP contribution in [0.1, 0.15) is 48.6 Å². The van der Waals surface area contributed by atoms with Crippen molar-refractivity contribution in [1.29, 1.82) is 0 Å². The van der Waals surface area contributed by atoms with Crippen LogP contribution in [0, 0.1) is 0 Å². The van der Waals surface area contributed by atoms with Crippen molar-refractivity contribution in [3.8, 4) is 89.0 Å². The molecule has 0 aromatic heterocycles. The molecule has 0 saturated carbocycles. The van der Waals surface area contributed by atoms with Gasteiger partial charge in [0.2, 0.25) is 0 Å². The Bertz CT molecular complexity index is 4210. The summed E-state index contributed by atoms with van der Waals surface area (Å²) in [7, 11) is -2.06. The van der Waals surface area contributed by atoms with E-state index in [9.17, 15) is 0 Å². The Hall–Kier alpha value is -7.58. The average molecular weight is 879 g/mol. The van der Waals surface area contributed by atoms with E-state index in [2.05, 4.69) is 222 Å². The lowest BCUT2D eigenvalue weighted by Gasteiger charge is -2.30. The maximum absolute atomic E-state index is 2.67. The highest BCUT2D eigenvalue weighted by Crippen LogP contribution is 2.59. The molecule has 11 aromatic rings. The van der Waals surface area contributed by atoms with Gasteiger partial charge in [-0.25, -0.2) is 0 Å². The molecule has 0 fully saturated rings. The molecule has 0 radical (unpaired) electrons. The Morgan fingerprint density at radius 3 is 1.63 bits per heavy atom. The molecule has 4 aliphatic carbocycles. The fraction of sp³-hybridized carbons (Fsp3) is 0.104. The second-order valence-electron chi connectivity index (χ2n) is 21.6. The maximum Gasteiger partial charge on any atom is 0.113 e. The molecule has 1 unspecified atom stereocenters. The molecule has 16 rings (SSSR count). The van der Waals surface area contributed by atoms with Gasteiger partial charge in [0.05, 0.1) is 0 Å². The molecule has 11 aromatic carbocycles. The molecule has 1 aliphatic heterocycles. The SMILES string of the molecule is CC1(C)c2ccccc2-c2ccc(-c3c4ccc5cc4c(c4cc6c(cc34)-c3ccccc3[Si]6(C)C)-c3ccc4c(c3)C(C)(c3cc6c7c(ccc-5c7c3)-c3ccccc3-6)c3ccccc3-4)cc21. The molecule has 1 heterocycles. The lowest BCUT2D eigenvalue weighted by atomic mass is 9.72. The van der Waals surface area contributed by atoms with E-state index in [1.54, 1.807) is 0 Å². The lowest BCUT2D eigenvalue weighted by molar-refractivity contribution is 0.660. The largest absolute Gasteiger partial charge is 0.113 e. The highest BCUT2D eigenvalue weighted by atomic mass is 28.3. The predicted molar refractivity (Wildman–Crippen MR) is 290 cm³/mol. The molecular weight excluding hydrogens is 833 g/mol. The highest BCUT2D eigenvalue weighted by molar-refractivity contribution is 7.04. The topological polar surface area (TPSA) is 0 Å². The quantitative estimate of drug-likeness (QED) is 0.114. The Kier molecular flexibility index (Phi) is 6.78. The van der Waals surface area contributed by atoms with Crippen molar-refractivity contribution in [2.45, 2.75) is 44.7 Å². The van der Waals surface area contributed by atoms with E-state index < -0.39 is 8.07 Å². The van der Waals surface area contributed by atoms with E-state index in [0.717, 1.165) is 0 Å². The third-order valence-electron chi connectivity index (χ3n) is 17.8. The number of benzene rings is 11. The van der Waals surface area contributed by atoms with Gasteiger partial charge >= 0.3 is 0 Å². The molecule has 1 atom stereocenters. The Morgan fingerprint density at radius 2 is 0.853 bits per heavy atom. The summed E-state index contributed by atoms with van der Waals surface area (Å²) in [5, 5.41) is 11.1. The third-order valence-corrected chi connectivity index (χ3v) is 21.3. The monoisotopic (exact) mass is 878 g/mol. The van der Waals surface area contributed by atoms with Crippen LogP contribution in [0.2, 0.25) is 13.1 Å². The zero-order valence-electron chi connectivity index (χ0n) is 38.9. The fourth-order valence-corrected chi connectivity index (χ4v) is 17.5. The summed E-state index contributed by atoms with van der Waals surface area (Å²) < 4.78 is 0. The molecule has 1 heteroatoms. The van der Waals surface area contributed by atoms with Gasteiger partial charge < -0.3 is 0 Å². The van der Waals surface area contributed by atoms with Crippen LogP contribution in [0.25, 0.3) is 121 Å². The molecule has 0 nitrogen and oxygen atoms in total. The summed E-state index contributed by atoms with van der Waals surface area (Å²) in [6.07, 6.45) is 0. The molecule has 5 aliphatic rings. The van der Waals surface area contributed by atoms with Gasteiger partial charge in [0.25, 0.3) is 0 Å². The molecule has 318 valence electrons. The third kappa shape index (κ3) is 4.35. The minimum Gasteiger partial charge on any atom is -0.0623 e. The molecule has 0 amide bonds. The summed E-state index contributed by atoms with van der Waals surface area (Å²) in [5.41, 5.74) is 27.8. The van der Waals surface area contributed by atoms with Crippen LogP contribution in [-0.4, -0.2) is 8.07 Å². The van der Waals surface area contributed by atoms with Crippen LogP contribution in [-0.2, 0) is 10.8 Å². The smallest absolute Gasteiger partial charge is 0.0623 e. The predicted octanol–water partition coefficient (Wildman–Crippen LogP) is 16.6. The average Bonchev–Trinajstić information content (AvgIpc) is 3.99. The first-order chi connectivity index (χ1) is 33.1. The lowest BCUT2D eigenvalue weighted by Crippen LogP contribution is -2.49. The van der Waals surface area contributed by atoms with Crippen molar-refractivity contribution in [1.82, 2.24) is 0 Å². The number of hydrogen-bond donors (Lipinski definition) is 0. The Labute approximate surface area is 398 Å². The summed E-state index contributed by atoms with van der Waals surface area (Å²) in [6.45, 7) is 12.5. The van der Waals surface area contributed by atoms with Crippen LogP contribution < -0.4 is 10.4 Å². The van der Waals surface area contributed by atoms with E-state index in [1.165, 1.54) is 160 Å². The summed E-state index contributed by atoms with van der Waals surface area (Å²) >= 11 is 0. The number of hydrogen-bond acceptors (Lipinski definition) is 0. The molecular formula is C67H46Si. The molecule has 6 bridgehead atoms. The molecule has 0 saturated heterocycles. The molecule has 0 N–H and O–H groups in total. The standard InChI is InChI=1S/C67H46Si/c1-66(2)57-19-11-8-16-44(57)46-25-23-38(31-59(46)66)63-50-27-22-37-30-52(50)64(56-36-62-51(35-55(56)63)48-18-10-13-21-61(48)68(62,4)5)39-24-26-47-45-17-9-12-20-58(45)67(3,60(47)32-39)40-33-53-41(37)28-29-49-42-14-6-7-15-43(42)54(34-40)65(49)53/h6-36H,1-5H3. The maximum atomic E-state index is 2.67. The normalized spacial score (nSPS) is 17.2. The van der Waals surface area contributed by atoms with Gasteiger partial charge in [-0.1, -0.05) is 179 Å². The van der Waals surface area contributed by atoms with Gasteiger partial charge in [-0.15, -0.1) is 0 Å². The molecule has 0 spiro atoms. The van der Waals surface area contributed by atoms with Crippen molar-refractivity contribution >= 4 is 50.8 Å². The Balaban J connectivity index is 1.09. The van der Waals surface area contributed by atoms with Crippen LogP contribution in [0.4, 0.5) is 0 Å². The number of rotatable bonds is 1. The van der Waals surface area contributed by atoms with E-state index in [1.807, 2.05) is 0 Å². The van der Waals surface area contributed by atoms with Crippen LogP contribution in [0.3, 0.4) is 0 Å². The zero-order valence-corrected chi connectivity index (χ0v) is 39.9. The van der Waals surface area contributed by atoms with Gasteiger partial charge in [0.1, 0.15) is 8.07 Å². The first-order valence-electron chi connectivity index (χ1n) is 24.5. The van der Waals surface area contributed by atoms with Crippen LogP contribution in [0.15, 0.2) is 188 Å². The van der Waals surface area contributed by atoms with Gasteiger partial charge in [-0.05, 0) is 203 Å². The van der Waals surface area contributed by atoms with Crippen molar-refractivity contribution in [2.24, 2.45) is 0 Å². The summed E-state index contributed by atoms with van der Waals surface area (Å²) in [6, 6.07) is 74.2. The van der Waals surface area contributed by atoms with E-state index in [4.69, 9.17) is 0 Å².